The zero-order valence-electron chi connectivity index (χ0n) is 23.1. The first-order valence-corrected chi connectivity index (χ1v) is 13.4. The fourth-order valence-corrected chi connectivity index (χ4v) is 4.61. The number of urea groups is 1. The van der Waals surface area contributed by atoms with E-state index in [1.165, 1.54) is 27.4 Å². The number of carbonyl (C=O) groups is 3. The van der Waals surface area contributed by atoms with Gasteiger partial charge in [0.05, 0.1) is 42.2 Å². The third-order valence-corrected chi connectivity index (χ3v) is 6.41. The maximum Gasteiger partial charge on any atom is 0.337 e. The summed E-state index contributed by atoms with van der Waals surface area (Å²) in [6, 6.07) is 7.09. The number of nitrogens with zero attached hydrogens (tertiary/aromatic N) is 1. The minimum atomic E-state index is -1.18. The van der Waals surface area contributed by atoms with Crippen LogP contribution in [0.3, 0.4) is 0 Å². The first-order chi connectivity index (χ1) is 19.6. The van der Waals surface area contributed by atoms with Gasteiger partial charge in [0, 0.05) is 12.6 Å². The first kappa shape index (κ1) is 31.5. The van der Waals surface area contributed by atoms with E-state index in [9.17, 15) is 19.5 Å². The number of hydrogen-bond donors (Lipinski definition) is 4. The van der Waals surface area contributed by atoms with Gasteiger partial charge in [0.1, 0.15) is 6.61 Å². The zero-order chi connectivity index (χ0) is 30.1. The van der Waals surface area contributed by atoms with E-state index in [4.69, 9.17) is 23.7 Å². The van der Waals surface area contributed by atoms with Crippen LogP contribution in [0.15, 0.2) is 46.7 Å². The normalized spacial score (nSPS) is 15.5. The molecule has 2 atom stereocenters. The number of rotatable bonds is 12. The number of carbonyl (C=O) groups excluding carboxylic acids is 3. The van der Waals surface area contributed by atoms with Gasteiger partial charge in [0.2, 0.25) is 0 Å². The third-order valence-electron chi connectivity index (χ3n) is 5.61. The molecular formula is C27H31IN4O9. The summed E-state index contributed by atoms with van der Waals surface area (Å²) in [4.78, 5) is 35.9. The average Bonchev–Trinajstić information content (AvgIpc) is 2.92. The lowest BCUT2D eigenvalue weighted by Gasteiger charge is -2.28. The number of esters is 2. The van der Waals surface area contributed by atoms with Crippen molar-refractivity contribution in [2.75, 3.05) is 27.4 Å². The monoisotopic (exact) mass is 682 g/mol. The van der Waals surface area contributed by atoms with E-state index in [1.807, 2.05) is 22.6 Å². The average molecular weight is 682 g/mol. The fraction of sp³-hybridized carbons (Fsp3) is 0.333. The number of allylic oxidation sites excluding steroid dienone is 1. The number of benzene rings is 2. The number of nitrogens with one attached hydrogen (secondary N) is 3. The van der Waals surface area contributed by atoms with Crippen LogP contribution in [0.25, 0.3) is 0 Å². The summed E-state index contributed by atoms with van der Waals surface area (Å²) in [6.07, 6.45) is 0.287. The summed E-state index contributed by atoms with van der Waals surface area (Å²) in [6.45, 7) is 4.86. The molecule has 220 valence electrons. The fourth-order valence-electron chi connectivity index (χ4n) is 3.88. The molecule has 4 N–H and O–H groups in total. The molecule has 2 amide bonds. The van der Waals surface area contributed by atoms with Crippen LogP contribution in [-0.2, 0) is 14.3 Å². The summed E-state index contributed by atoms with van der Waals surface area (Å²) in [7, 11) is 2.72. The highest BCUT2D eigenvalue weighted by Crippen LogP contribution is 2.35. The molecule has 0 saturated carbocycles. The minimum Gasteiger partial charge on any atom is -0.493 e. The molecule has 0 radical (unpaired) electrons. The predicted molar refractivity (Wildman–Crippen MR) is 156 cm³/mol. The van der Waals surface area contributed by atoms with E-state index in [1.54, 1.807) is 44.2 Å². The Morgan fingerprint density at radius 2 is 1.93 bits per heavy atom. The largest absolute Gasteiger partial charge is 0.493 e. The van der Waals surface area contributed by atoms with Crippen molar-refractivity contribution in [1.29, 1.82) is 0 Å². The van der Waals surface area contributed by atoms with E-state index in [0.29, 0.717) is 50.0 Å². The molecule has 3 rings (SSSR count). The van der Waals surface area contributed by atoms with Gasteiger partial charge in [-0.05, 0) is 71.8 Å². The molecule has 0 fully saturated rings. The highest BCUT2D eigenvalue weighted by atomic mass is 127. The van der Waals surface area contributed by atoms with E-state index >= 15 is 0 Å². The van der Waals surface area contributed by atoms with Crippen molar-refractivity contribution in [2.24, 2.45) is 5.10 Å². The predicted octanol–water partition coefficient (Wildman–Crippen LogP) is 2.75. The van der Waals surface area contributed by atoms with Gasteiger partial charge < -0.3 is 39.4 Å². The first-order valence-electron chi connectivity index (χ1n) is 12.4. The van der Waals surface area contributed by atoms with Crippen LogP contribution >= 0.6 is 22.6 Å². The Labute approximate surface area is 250 Å². The standard InChI is InChI=1S/C27H31IN4O9/c1-6-39-20-11-17(24-23(26(35)38-5)14(2)30-27(36)31-24)7-8-19(20)40-13-22(34)32-29-12-16-9-18(28)25(41-15(3)33)21(10-16)37-4/h7-12,22,24,32,34H,6,13H2,1-5H3,(H2,30,31,36)/b29-12+/t22-,24-/m1/s1. The third kappa shape index (κ3) is 8.23. The highest BCUT2D eigenvalue weighted by Gasteiger charge is 2.32. The number of hydrogen-bond acceptors (Lipinski definition) is 11. The number of aliphatic hydroxyl groups is 1. The molecule has 0 spiro atoms. The van der Waals surface area contributed by atoms with E-state index < -0.39 is 30.2 Å². The molecule has 0 bridgehead atoms. The van der Waals surface area contributed by atoms with Crippen molar-refractivity contribution in [3.63, 3.8) is 0 Å². The van der Waals surface area contributed by atoms with Crippen molar-refractivity contribution in [2.45, 2.75) is 33.0 Å². The molecule has 0 aliphatic carbocycles. The lowest BCUT2D eigenvalue weighted by molar-refractivity contribution is -0.136. The van der Waals surface area contributed by atoms with Crippen LogP contribution in [0, 0.1) is 3.57 Å². The van der Waals surface area contributed by atoms with Crippen LogP contribution in [0.4, 0.5) is 4.79 Å². The molecule has 1 aliphatic heterocycles. The number of halogens is 1. The van der Waals surface area contributed by atoms with Gasteiger partial charge in [-0.1, -0.05) is 6.07 Å². The Kier molecular flexibility index (Phi) is 11.2. The number of aliphatic hydroxyl groups excluding tert-OH is 1. The van der Waals surface area contributed by atoms with Crippen LogP contribution in [-0.4, -0.2) is 63.0 Å². The molecule has 2 aromatic rings. The van der Waals surface area contributed by atoms with E-state index in [-0.39, 0.29) is 12.2 Å². The number of ether oxygens (including phenoxy) is 5. The van der Waals surface area contributed by atoms with Gasteiger partial charge in [-0.15, -0.1) is 0 Å². The van der Waals surface area contributed by atoms with Gasteiger partial charge in [-0.2, -0.15) is 5.10 Å². The van der Waals surface area contributed by atoms with Crippen LogP contribution in [0.2, 0.25) is 0 Å². The molecule has 1 heterocycles. The topological polar surface area (TPSA) is 166 Å². The lowest BCUT2D eigenvalue weighted by Crippen LogP contribution is -2.45. The Balaban J connectivity index is 1.70. The summed E-state index contributed by atoms with van der Waals surface area (Å²) in [5.41, 5.74) is 4.42. The van der Waals surface area contributed by atoms with E-state index in [2.05, 4.69) is 21.2 Å². The summed E-state index contributed by atoms with van der Waals surface area (Å²) in [5, 5.41) is 19.7. The van der Waals surface area contributed by atoms with Crippen molar-refractivity contribution >= 4 is 46.8 Å². The maximum absolute atomic E-state index is 12.4. The molecule has 0 saturated heterocycles. The zero-order valence-corrected chi connectivity index (χ0v) is 25.2. The molecule has 1 aliphatic rings. The second-order valence-electron chi connectivity index (χ2n) is 8.54. The molecule has 0 unspecified atom stereocenters. The Morgan fingerprint density at radius 3 is 2.59 bits per heavy atom. The lowest BCUT2D eigenvalue weighted by atomic mass is 9.95. The molecule has 41 heavy (non-hydrogen) atoms. The van der Waals surface area contributed by atoms with Crippen LogP contribution in [0.5, 0.6) is 23.0 Å². The van der Waals surface area contributed by atoms with Crippen molar-refractivity contribution in [3.8, 4) is 23.0 Å². The van der Waals surface area contributed by atoms with Crippen LogP contribution < -0.4 is 35.0 Å². The minimum absolute atomic E-state index is 0.181. The quantitative estimate of drug-likeness (QED) is 0.0654. The van der Waals surface area contributed by atoms with Crippen LogP contribution in [0.1, 0.15) is 37.9 Å². The molecule has 14 heteroatoms. The van der Waals surface area contributed by atoms with Gasteiger partial charge in [-0.25, -0.2) is 9.59 Å². The second kappa shape index (κ2) is 14.5. The van der Waals surface area contributed by atoms with Crippen molar-refractivity contribution in [1.82, 2.24) is 16.1 Å². The van der Waals surface area contributed by atoms with Gasteiger partial charge >= 0.3 is 18.0 Å². The molecule has 0 aromatic heterocycles. The summed E-state index contributed by atoms with van der Waals surface area (Å²) >= 11 is 2.02. The Hall–Kier alpha value is -4.05. The molecule has 2 aromatic carbocycles. The number of amides is 2. The summed E-state index contributed by atoms with van der Waals surface area (Å²) in [5.74, 6) is 0.307. The second-order valence-corrected chi connectivity index (χ2v) is 9.70. The molecule has 13 nitrogen and oxygen atoms in total. The Bertz CT molecular complexity index is 1360. The highest BCUT2D eigenvalue weighted by molar-refractivity contribution is 14.1. The van der Waals surface area contributed by atoms with E-state index in [0.717, 1.165) is 0 Å². The smallest absolute Gasteiger partial charge is 0.337 e. The maximum atomic E-state index is 12.4. The number of hydrazone groups is 1. The van der Waals surface area contributed by atoms with Crippen molar-refractivity contribution < 1.29 is 43.2 Å². The number of methoxy groups -OCH3 is 2. The molecular weight excluding hydrogens is 651 g/mol. The summed E-state index contributed by atoms with van der Waals surface area (Å²) < 4.78 is 27.5. The SMILES string of the molecule is CCOc1cc([C@H]2NC(=O)NC(C)=C2C(=O)OC)ccc1OC[C@@H](O)N/N=C/c1cc(I)c(OC(C)=O)c(OC)c1. The van der Waals surface area contributed by atoms with Gasteiger partial charge in [0.25, 0.3) is 0 Å². The van der Waals surface area contributed by atoms with Gasteiger partial charge in [0.15, 0.2) is 29.2 Å². The van der Waals surface area contributed by atoms with Gasteiger partial charge in [-0.3, -0.25) is 10.2 Å². The Morgan fingerprint density at radius 1 is 1.17 bits per heavy atom. The van der Waals surface area contributed by atoms with Crippen molar-refractivity contribution in [3.05, 3.63) is 56.3 Å².